The van der Waals surface area contributed by atoms with Crippen LogP contribution in [0, 0.1) is 0 Å². The molecule has 1 heterocycles. The van der Waals surface area contributed by atoms with Crippen molar-refractivity contribution >= 4 is 16.8 Å². The standard InChI is InChI=1S/C20H17F3N2O/c1-13(15-6-3-9-17(11-15)20(21,22)23)25-18(26)12-16-7-2-5-14-8-4-10-24-19(14)16/h2-11,13H,12H2,1H3,(H,25,26). The van der Waals surface area contributed by atoms with Gasteiger partial charge >= 0.3 is 6.18 Å². The molecular weight excluding hydrogens is 341 g/mol. The number of hydrogen-bond acceptors (Lipinski definition) is 2. The lowest BCUT2D eigenvalue weighted by molar-refractivity contribution is -0.137. The number of amides is 1. The summed E-state index contributed by atoms with van der Waals surface area (Å²) in [5, 5.41) is 3.69. The highest BCUT2D eigenvalue weighted by atomic mass is 19.4. The lowest BCUT2D eigenvalue weighted by atomic mass is 10.0. The molecule has 134 valence electrons. The number of carbonyl (C=O) groups is 1. The first kappa shape index (κ1) is 17.9. The maximum atomic E-state index is 12.8. The molecule has 0 saturated carbocycles. The van der Waals surface area contributed by atoms with Gasteiger partial charge < -0.3 is 5.32 Å². The van der Waals surface area contributed by atoms with E-state index in [4.69, 9.17) is 0 Å². The highest BCUT2D eigenvalue weighted by Gasteiger charge is 2.30. The van der Waals surface area contributed by atoms with Crippen molar-refractivity contribution < 1.29 is 18.0 Å². The molecule has 1 amide bonds. The highest BCUT2D eigenvalue weighted by molar-refractivity contribution is 5.87. The van der Waals surface area contributed by atoms with Crippen LogP contribution in [-0.2, 0) is 17.4 Å². The number of aromatic nitrogens is 1. The first-order valence-corrected chi connectivity index (χ1v) is 8.14. The summed E-state index contributed by atoms with van der Waals surface area (Å²) in [6.45, 7) is 1.66. The van der Waals surface area contributed by atoms with E-state index in [-0.39, 0.29) is 12.3 Å². The summed E-state index contributed by atoms with van der Waals surface area (Å²) in [6, 6.07) is 13.8. The third-order valence-electron chi connectivity index (χ3n) is 4.16. The molecule has 0 aliphatic rings. The second kappa shape index (κ2) is 7.15. The van der Waals surface area contributed by atoms with Crippen molar-refractivity contribution in [3.63, 3.8) is 0 Å². The summed E-state index contributed by atoms with van der Waals surface area (Å²) in [5.74, 6) is -0.270. The molecule has 2 aromatic carbocycles. The van der Waals surface area contributed by atoms with Crippen LogP contribution in [-0.4, -0.2) is 10.9 Å². The fourth-order valence-corrected chi connectivity index (χ4v) is 2.84. The number of carbonyl (C=O) groups excluding carboxylic acids is 1. The summed E-state index contributed by atoms with van der Waals surface area (Å²) in [4.78, 5) is 16.7. The Kier molecular flexibility index (Phi) is 4.93. The van der Waals surface area contributed by atoms with Gasteiger partial charge in [0, 0.05) is 11.6 Å². The van der Waals surface area contributed by atoms with Gasteiger partial charge in [-0.1, -0.05) is 36.4 Å². The van der Waals surface area contributed by atoms with Crippen molar-refractivity contribution in [1.82, 2.24) is 10.3 Å². The molecule has 3 nitrogen and oxygen atoms in total. The van der Waals surface area contributed by atoms with Crippen LogP contribution in [0.1, 0.15) is 29.7 Å². The second-order valence-electron chi connectivity index (χ2n) is 6.08. The first-order valence-electron chi connectivity index (χ1n) is 8.14. The number of alkyl halides is 3. The number of pyridine rings is 1. The molecule has 0 bridgehead atoms. The van der Waals surface area contributed by atoms with Crippen molar-refractivity contribution in [2.45, 2.75) is 25.6 Å². The van der Waals surface area contributed by atoms with Gasteiger partial charge in [-0.25, -0.2) is 0 Å². The molecule has 0 radical (unpaired) electrons. The molecule has 1 aromatic heterocycles. The Morgan fingerprint density at radius 3 is 2.62 bits per heavy atom. The molecule has 1 atom stereocenters. The summed E-state index contributed by atoms with van der Waals surface area (Å²) < 4.78 is 38.5. The highest BCUT2D eigenvalue weighted by Crippen LogP contribution is 2.30. The van der Waals surface area contributed by atoms with E-state index < -0.39 is 17.8 Å². The number of halogens is 3. The van der Waals surface area contributed by atoms with Gasteiger partial charge in [0.2, 0.25) is 5.91 Å². The van der Waals surface area contributed by atoms with Crippen molar-refractivity contribution in [2.75, 3.05) is 0 Å². The van der Waals surface area contributed by atoms with Gasteiger partial charge in [-0.2, -0.15) is 13.2 Å². The predicted octanol–water partition coefficient (Wildman–Crippen LogP) is 4.67. The normalized spacial score (nSPS) is 12.8. The van der Waals surface area contributed by atoms with Crippen LogP contribution in [0.25, 0.3) is 10.9 Å². The monoisotopic (exact) mass is 358 g/mol. The van der Waals surface area contributed by atoms with Crippen molar-refractivity contribution in [1.29, 1.82) is 0 Å². The zero-order chi connectivity index (χ0) is 18.7. The Morgan fingerprint density at radius 1 is 1.12 bits per heavy atom. The van der Waals surface area contributed by atoms with Gasteiger partial charge in [0.25, 0.3) is 0 Å². The fourth-order valence-electron chi connectivity index (χ4n) is 2.84. The molecule has 0 aliphatic carbocycles. The zero-order valence-electron chi connectivity index (χ0n) is 14.0. The van der Waals surface area contributed by atoms with Crippen LogP contribution in [0.5, 0.6) is 0 Å². The van der Waals surface area contributed by atoms with Crippen LogP contribution in [0.15, 0.2) is 60.8 Å². The largest absolute Gasteiger partial charge is 0.416 e. The van der Waals surface area contributed by atoms with E-state index in [1.807, 2.05) is 30.3 Å². The van der Waals surface area contributed by atoms with E-state index in [2.05, 4.69) is 10.3 Å². The Bertz CT molecular complexity index is 932. The summed E-state index contributed by atoms with van der Waals surface area (Å²) in [6.07, 6.45) is -2.64. The average Bonchev–Trinajstić information content (AvgIpc) is 2.61. The summed E-state index contributed by atoms with van der Waals surface area (Å²) in [7, 11) is 0. The maximum absolute atomic E-state index is 12.8. The number of hydrogen-bond donors (Lipinski definition) is 1. The third kappa shape index (κ3) is 4.02. The van der Waals surface area contributed by atoms with Crippen molar-refractivity contribution in [3.05, 3.63) is 77.5 Å². The first-order chi connectivity index (χ1) is 12.3. The molecule has 6 heteroatoms. The smallest absolute Gasteiger partial charge is 0.349 e. The van der Waals surface area contributed by atoms with Crippen LogP contribution in [0.3, 0.4) is 0 Å². The van der Waals surface area contributed by atoms with E-state index in [1.165, 1.54) is 6.07 Å². The molecule has 3 aromatic rings. The van der Waals surface area contributed by atoms with E-state index in [0.717, 1.165) is 28.6 Å². The minimum Gasteiger partial charge on any atom is -0.349 e. The van der Waals surface area contributed by atoms with Crippen molar-refractivity contribution in [3.8, 4) is 0 Å². The number of nitrogens with zero attached hydrogens (tertiary/aromatic N) is 1. The lowest BCUT2D eigenvalue weighted by Gasteiger charge is -2.16. The molecule has 26 heavy (non-hydrogen) atoms. The maximum Gasteiger partial charge on any atom is 0.416 e. The van der Waals surface area contributed by atoms with Crippen molar-refractivity contribution in [2.24, 2.45) is 0 Å². The second-order valence-corrected chi connectivity index (χ2v) is 6.08. The van der Waals surface area contributed by atoms with Crippen LogP contribution < -0.4 is 5.32 Å². The SMILES string of the molecule is CC(NC(=O)Cc1cccc2cccnc12)c1cccc(C(F)(F)F)c1. The number of para-hydroxylation sites is 1. The molecule has 1 unspecified atom stereocenters. The van der Waals surface area contributed by atoms with Crippen LogP contribution in [0.4, 0.5) is 13.2 Å². The summed E-state index contributed by atoms with van der Waals surface area (Å²) in [5.41, 5.74) is 1.20. The molecule has 3 rings (SSSR count). The van der Waals surface area contributed by atoms with Crippen LogP contribution in [0.2, 0.25) is 0 Å². The Balaban J connectivity index is 1.74. The minimum atomic E-state index is -4.41. The zero-order valence-corrected chi connectivity index (χ0v) is 14.0. The Labute approximate surface area is 148 Å². The number of nitrogens with one attached hydrogen (secondary N) is 1. The minimum absolute atomic E-state index is 0.109. The van der Waals surface area contributed by atoms with E-state index in [0.29, 0.717) is 5.56 Å². The molecule has 0 fully saturated rings. The summed E-state index contributed by atoms with van der Waals surface area (Å²) >= 11 is 0. The topological polar surface area (TPSA) is 42.0 Å². The number of rotatable bonds is 4. The van der Waals surface area contributed by atoms with Gasteiger partial charge in [-0.05, 0) is 36.2 Å². The van der Waals surface area contributed by atoms with Gasteiger partial charge in [-0.15, -0.1) is 0 Å². The number of benzene rings is 2. The lowest BCUT2D eigenvalue weighted by Crippen LogP contribution is -2.28. The molecule has 0 aliphatic heterocycles. The quantitative estimate of drug-likeness (QED) is 0.736. The van der Waals surface area contributed by atoms with E-state index >= 15 is 0 Å². The number of fused-ring (bicyclic) bond motifs is 1. The van der Waals surface area contributed by atoms with Gasteiger partial charge in [-0.3, -0.25) is 9.78 Å². The van der Waals surface area contributed by atoms with E-state index in [9.17, 15) is 18.0 Å². The molecule has 0 spiro atoms. The van der Waals surface area contributed by atoms with E-state index in [1.54, 1.807) is 19.2 Å². The molecule has 1 N–H and O–H groups in total. The van der Waals surface area contributed by atoms with Gasteiger partial charge in [0.1, 0.15) is 0 Å². The molecule has 0 saturated heterocycles. The Hall–Kier alpha value is -2.89. The van der Waals surface area contributed by atoms with Gasteiger partial charge in [0.15, 0.2) is 0 Å². The fraction of sp³-hybridized carbons (Fsp3) is 0.200. The Morgan fingerprint density at radius 2 is 1.85 bits per heavy atom. The third-order valence-corrected chi connectivity index (χ3v) is 4.16. The predicted molar refractivity (Wildman–Crippen MR) is 93.4 cm³/mol. The molecular formula is C20H17F3N2O. The van der Waals surface area contributed by atoms with Crippen LogP contribution >= 0.6 is 0 Å². The van der Waals surface area contributed by atoms with Gasteiger partial charge in [0.05, 0.1) is 23.5 Å². The average molecular weight is 358 g/mol.